The van der Waals surface area contributed by atoms with Gasteiger partial charge in [-0.2, -0.15) is 5.10 Å². The molecule has 4 aromatic rings. The summed E-state index contributed by atoms with van der Waals surface area (Å²) in [6.45, 7) is 1.85. The Morgan fingerprint density at radius 3 is 2.73 bits per heavy atom. The molecule has 3 heterocycles. The van der Waals surface area contributed by atoms with Crippen LogP contribution in [0.1, 0.15) is 5.69 Å². The van der Waals surface area contributed by atoms with Crippen LogP contribution in [0, 0.1) is 6.92 Å². The van der Waals surface area contributed by atoms with E-state index in [1.807, 2.05) is 25.1 Å². The number of pyridine rings is 2. The van der Waals surface area contributed by atoms with Crippen LogP contribution in [0.25, 0.3) is 22.3 Å². The van der Waals surface area contributed by atoms with E-state index in [0.29, 0.717) is 32.8 Å². The maximum Gasteiger partial charge on any atom is 0.181 e. The highest BCUT2D eigenvalue weighted by atomic mass is 35.5. The molecule has 130 valence electrons. The first kappa shape index (κ1) is 17.1. The van der Waals surface area contributed by atoms with E-state index in [0.717, 1.165) is 16.8 Å². The number of benzene rings is 1. The molecule has 0 radical (unpaired) electrons. The van der Waals surface area contributed by atoms with E-state index in [4.69, 9.17) is 39.5 Å². The Labute approximate surface area is 163 Å². The van der Waals surface area contributed by atoms with E-state index in [2.05, 4.69) is 20.2 Å². The van der Waals surface area contributed by atoms with Gasteiger partial charge >= 0.3 is 0 Å². The van der Waals surface area contributed by atoms with Crippen molar-refractivity contribution in [3.63, 3.8) is 0 Å². The molecular weight excluding hydrogens is 395 g/mol. The molecule has 0 unspecified atom stereocenters. The van der Waals surface area contributed by atoms with Gasteiger partial charge in [0.2, 0.25) is 0 Å². The number of ether oxygens (including phenoxy) is 1. The van der Waals surface area contributed by atoms with Crippen LogP contribution in [0.2, 0.25) is 15.2 Å². The van der Waals surface area contributed by atoms with Crippen LogP contribution in [0.15, 0.2) is 42.6 Å². The van der Waals surface area contributed by atoms with E-state index in [-0.39, 0.29) is 5.15 Å². The molecule has 0 aliphatic rings. The largest absolute Gasteiger partial charge is 0.452 e. The minimum atomic E-state index is 0.220. The second-order valence-electron chi connectivity index (χ2n) is 5.58. The van der Waals surface area contributed by atoms with Crippen LogP contribution in [0.3, 0.4) is 0 Å². The van der Waals surface area contributed by atoms with Gasteiger partial charge in [-0.25, -0.2) is 9.97 Å². The van der Waals surface area contributed by atoms with Gasteiger partial charge in [0.1, 0.15) is 5.75 Å². The summed E-state index contributed by atoms with van der Waals surface area (Å²) in [6.07, 6.45) is 1.68. The number of nitrogens with one attached hydrogen (secondary N) is 1. The lowest BCUT2D eigenvalue weighted by atomic mass is 10.1. The number of hydrogen-bond donors (Lipinski definition) is 1. The Hall–Kier alpha value is -2.34. The molecule has 0 bridgehead atoms. The van der Waals surface area contributed by atoms with Gasteiger partial charge in [-0.3, -0.25) is 5.10 Å². The molecule has 1 N–H and O–H groups in total. The average Bonchev–Trinajstić information content (AvgIpc) is 3.03. The molecule has 1 aromatic carbocycles. The predicted molar refractivity (Wildman–Crippen MR) is 103 cm³/mol. The average molecular weight is 406 g/mol. The number of H-pyrrole nitrogens is 1. The summed E-state index contributed by atoms with van der Waals surface area (Å²) in [5.74, 6) is 0.794. The van der Waals surface area contributed by atoms with Crippen molar-refractivity contribution in [2.75, 3.05) is 0 Å². The lowest BCUT2D eigenvalue weighted by Gasteiger charge is -2.14. The summed E-state index contributed by atoms with van der Waals surface area (Å²) < 4.78 is 6.00. The number of aromatic nitrogens is 4. The second kappa shape index (κ2) is 6.76. The highest BCUT2D eigenvalue weighted by Crippen LogP contribution is 2.42. The predicted octanol–water partition coefficient (Wildman–Crippen LogP) is 6.08. The first-order valence-corrected chi connectivity index (χ1v) is 8.76. The van der Waals surface area contributed by atoms with Gasteiger partial charge < -0.3 is 4.74 Å². The fraction of sp³-hybridized carbons (Fsp3) is 0.0556. The van der Waals surface area contributed by atoms with Gasteiger partial charge in [0.15, 0.2) is 16.5 Å². The fourth-order valence-electron chi connectivity index (χ4n) is 2.63. The van der Waals surface area contributed by atoms with Crippen molar-refractivity contribution in [3.8, 4) is 22.8 Å². The topological polar surface area (TPSA) is 63.7 Å². The Morgan fingerprint density at radius 1 is 1.08 bits per heavy atom. The number of hydrogen-bond acceptors (Lipinski definition) is 4. The number of rotatable bonds is 3. The van der Waals surface area contributed by atoms with Crippen molar-refractivity contribution in [1.29, 1.82) is 0 Å². The van der Waals surface area contributed by atoms with E-state index in [1.54, 1.807) is 24.4 Å². The van der Waals surface area contributed by atoms with Gasteiger partial charge in [0.25, 0.3) is 0 Å². The quantitative estimate of drug-likeness (QED) is 0.419. The van der Waals surface area contributed by atoms with Crippen molar-refractivity contribution in [3.05, 3.63) is 63.5 Å². The Morgan fingerprint density at radius 2 is 1.92 bits per heavy atom. The highest BCUT2D eigenvalue weighted by Gasteiger charge is 2.19. The van der Waals surface area contributed by atoms with Crippen molar-refractivity contribution < 1.29 is 4.74 Å². The second-order valence-corrected chi connectivity index (χ2v) is 6.78. The van der Waals surface area contributed by atoms with Crippen molar-refractivity contribution in [1.82, 2.24) is 20.2 Å². The summed E-state index contributed by atoms with van der Waals surface area (Å²) >= 11 is 18.6. The number of nitrogens with zero attached hydrogens (tertiary/aromatic N) is 3. The molecule has 3 aromatic heterocycles. The van der Waals surface area contributed by atoms with Gasteiger partial charge in [0.05, 0.1) is 10.7 Å². The van der Waals surface area contributed by atoms with Crippen molar-refractivity contribution >= 4 is 45.8 Å². The SMILES string of the molecule is Cc1cc(-c2[nH]nc3ncccc23)c(Oc2ccc(Cl)cc2Cl)c(Cl)n1. The molecule has 0 saturated carbocycles. The summed E-state index contributed by atoms with van der Waals surface area (Å²) in [5, 5.41) is 9.19. The minimum Gasteiger partial charge on any atom is -0.452 e. The molecule has 0 spiro atoms. The fourth-order valence-corrected chi connectivity index (χ4v) is 3.35. The van der Waals surface area contributed by atoms with Crippen molar-refractivity contribution in [2.45, 2.75) is 6.92 Å². The minimum absolute atomic E-state index is 0.220. The Balaban J connectivity index is 1.90. The van der Waals surface area contributed by atoms with Crippen LogP contribution in [-0.2, 0) is 0 Å². The summed E-state index contributed by atoms with van der Waals surface area (Å²) in [4.78, 5) is 8.53. The first-order valence-electron chi connectivity index (χ1n) is 7.62. The maximum atomic E-state index is 6.38. The van der Waals surface area contributed by atoms with Crippen LogP contribution in [0.4, 0.5) is 0 Å². The van der Waals surface area contributed by atoms with E-state index < -0.39 is 0 Å². The molecule has 0 atom stereocenters. The Kier molecular flexibility index (Phi) is 4.44. The molecule has 5 nitrogen and oxygen atoms in total. The zero-order valence-electron chi connectivity index (χ0n) is 13.4. The lowest BCUT2D eigenvalue weighted by molar-refractivity contribution is 0.482. The summed E-state index contributed by atoms with van der Waals surface area (Å²) in [7, 11) is 0. The number of halogens is 3. The van der Waals surface area contributed by atoms with Gasteiger partial charge in [-0.1, -0.05) is 34.8 Å². The molecule has 0 fully saturated rings. The van der Waals surface area contributed by atoms with E-state index in [9.17, 15) is 0 Å². The zero-order valence-corrected chi connectivity index (χ0v) is 15.7. The molecule has 0 amide bonds. The molecule has 8 heteroatoms. The van der Waals surface area contributed by atoms with E-state index in [1.165, 1.54) is 0 Å². The highest BCUT2D eigenvalue weighted by molar-refractivity contribution is 6.35. The Bertz CT molecular complexity index is 1130. The van der Waals surface area contributed by atoms with E-state index >= 15 is 0 Å². The van der Waals surface area contributed by atoms with Crippen LogP contribution in [0.5, 0.6) is 11.5 Å². The first-order chi connectivity index (χ1) is 12.5. The molecule has 0 aliphatic carbocycles. The molecule has 0 aliphatic heterocycles. The monoisotopic (exact) mass is 404 g/mol. The lowest BCUT2D eigenvalue weighted by Crippen LogP contribution is -1.95. The molecule has 26 heavy (non-hydrogen) atoms. The summed E-state index contributed by atoms with van der Waals surface area (Å²) in [5.41, 5.74) is 2.79. The van der Waals surface area contributed by atoms with Gasteiger partial charge in [-0.15, -0.1) is 0 Å². The van der Waals surface area contributed by atoms with Gasteiger partial charge in [-0.05, 0) is 43.3 Å². The van der Waals surface area contributed by atoms with Gasteiger partial charge in [0, 0.05) is 27.9 Å². The molecular formula is C18H11Cl3N4O. The molecule has 4 rings (SSSR count). The van der Waals surface area contributed by atoms with Crippen LogP contribution < -0.4 is 4.74 Å². The maximum absolute atomic E-state index is 6.38. The third-order valence-electron chi connectivity index (χ3n) is 3.76. The number of fused-ring (bicyclic) bond motifs is 1. The van der Waals surface area contributed by atoms with Crippen LogP contribution in [-0.4, -0.2) is 20.2 Å². The third kappa shape index (κ3) is 3.09. The molecule has 0 saturated heterocycles. The standard InChI is InChI=1S/C18H11Cl3N4O/c1-9-7-12(15-11-3-2-6-22-18(11)25-24-15)16(17(21)23-9)26-14-5-4-10(19)8-13(14)20/h2-8H,1H3,(H,22,24,25). The number of aryl methyl sites for hydroxylation is 1. The van der Waals surface area contributed by atoms with Crippen molar-refractivity contribution in [2.24, 2.45) is 0 Å². The summed E-state index contributed by atoms with van der Waals surface area (Å²) in [6, 6.07) is 10.6. The smallest absolute Gasteiger partial charge is 0.181 e. The third-order valence-corrected chi connectivity index (χ3v) is 4.55. The number of aromatic amines is 1. The zero-order chi connectivity index (χ0) is 18.3. The normalized spacial score (nSPS) is 11.1. The van der Waals surface area contributed by atoms with Crippen LogP contribution >= 0.6 is 34.8 Å².